The Hall–Kier alpha value is -0.310. The Kier molecular flexibility index (Phi) is 11.9. The molecule has 3 N–H and O–H groups in total. The van der Waals surface area contributed by atoms with Gasteiger partial charge in [-0.2, -0.15) is 0 Å². The van der Waals surface area contributed by atoms with Crippen molar-refractivity contribution in [1.82, 2.24) is 0 Å². The predicted molar refractivity (Wildman–Crippen MR) is 164 cm³/mol. The number of ketones is 1. The Balaban J connectivity index is 2.09. The van der Waals surface area contributed by atoms with Crippen LogP contribution in [-0.4, -0.2) is 42.1 Å². The third-order valence-electron chi connectivity index (χ3n) is 4.53. The molecule has 190 valence electrons. The Morgan fingerprint density at radius 1 is 0.914 bits per heavy atom. The smallest absolute Gasteiger partial charge is 0.337 e. The first kappa shape index (κ1) is 30.9. The van der Waals surface area contributed by atoms with E-state index in [9.17, 15) is 14.4 Å². The van der Waals surface area contributed by atoms with E-state index in [1.165, 1.54) is 0 Å². The number of hydrogen-bond acceptors (Lipinski definition) is 7. The molecule has 2 aromatic carbocycles. The van der Waals surface area contributed by atoms with Crippen molar-refractivity contribution in [2.75, 3.05) is 13.2 Å². The molecule has 0 fully saturated rings. The van der Waals surface area contributed by atoms with Gasteiger partial charge >= 0.3 is 11.9 Å². The summed E-state index contributed by atoms with van der Waals surface area (Å²) in [5, 5.41) is 9.05. The van der Waals surface area contributed by atoms with Crippen molar-refractivity contribution in [3.8, 4) is 17.2 Å². The van der Waals surface area contributed by atoms with Crippen LogP contribution < -0.4 is 15.2 Å². The average Bonchev–Trinajstić information content (AvgIpc) is 2.72. The van der Waals surface area contributed by atoms with Gasteiger partial charge in [-0.05, 0) is 127 Å². The van der Waals surface area contributed by atoms with Crippen LogP contribution in [0.1, 0.15) is 26.3 Å². The zero-order valence-electron chi connectivity index (χ0n) is 19.0. The Bertz CT molecular complexity index is 1090. The first-order valence-corrected chi connectivity index (χ1v) is 14.5. The summed E-state index contributed by atoms with van der Waals surface area (Å²) in [7, 11) is 0. The minimum Gasteiger partial charge on any atom is -0.480 e. The van der Waals surface area contributed by atoms with Crippen LogP contribution in [0.25, 0.3) is 0 Å². The maximum atomic E-state index is 12.2. The number of carbonyl (C=O) groups excluding carboxylic acids is 2. The maximum absolute atomic E-state index is 12.2. The lowest BCUT2D eigenvalue weighted by Gasteiger charge is -2.16. The van der Waals surface area contributed by atoms with E-state index in [2.05, 4.69) is 90.4 Å². The minimum atomic E-state index is -1.05. The van der Waals surface area contributed by atoms with Gasteiger partial charge in [-0.25, -0.2) is 4.79 Å². The second-order valence-electron chi connectivity index (χ2n) is 8.50. The van der Waals surface area contributed by atoms with E-state index in [0.717, 1.165) is 12.7 Å². The number of nitrogens with two attached hydrogens (primary N) is 1. The van der Waals surface area contributed by atoms with Crippen LogP contribution in [0.15, 0.2) is 24.3 Å². The normalized spacial score (nSPS) is 12.2. The number of hydrogen-bond donors (Lipinski definition) is 2. The summed E-state index contributed by atoms with van der Waals surface area (Å²) < 4.78 is 19.7. The molecule has 8 nitrogen and oxygen atoms in total. The van der Waals surface area contributed by atoms with Crippen molar-refractivity contribution in [1.29, 1.82) is 0 Å². The molecule has 0 aliphatic carbocycles. The second kappa shape index (κ2) is 13.5. The first-order chi connectivity index (χ1) is 16.2. The molecule has 2 rings (SSSR count). The quantitative estimate of drug-likeness (QED) is 0.185. The van der Waals surface area contributed by atoms with Gasteiger partial charge in [-0.1, -0.05) is 20.8 Å². The van der Waals surface area contributed by atoms with Gasteiger partial charge in [0, 0.05) is 5.41 Å². The lowest BCUT2D eigenvalue weighted by Crippen LogP contribution is -2.32. The van der Waals surface area contributed by atoms with Crippen LogP contribution in [0.4, 0.5) is 0 Å². The van der Waals surface area contributed by atoms with Gasteiger partial charge in [0.2, 0.25) is 0 Å². The number of carboxylic acid groups (broad SMARTS) is 1. The molecule has 0 radical (unpaired) electrons. The topological polar surface area (TPSA) is 125 Å². The summed E-state index contributed by atoms with van der Waals surface area (Å²) in [6.07, 6.45) is 0.214. The number of ether oxygens (including phenoxy) is 3. The molecule has 0 saturated heterocycles. The number of aliphatic carboxylic acids is 1. The highest BCUT2D eigenvalue weighted by atomic mass is 127. The lowest BCUT2D eigenvalue weighted by atomic mass is 9.91. The molecule has 0 spiro atoms. The molecule has 2 aromatic rings. The summed E-state index contributed by atoms with van der Waals surface area (Å²) >= 11 is 8.39. The van der Waals surface area contributed by atoms with E-state index in [1.807, 2.05) is 12.1 Å². The molecular weight excluding hydrogens is 910 g/mol. The number of rotatable bonds is 10. The molecule has 0 aliphatic heterocycles. The van der Waals surface area contributed by atoms with Crippen molar-refractivity contribution in [3.05, 3.63) is 44.1 Å². The fourth-order valence-corrected chi connectivity index (χ4v) is 6.62. The molecule has 1 atom stereocenters. The molecule has 0 unspecified atom stereocenters. The zero-order chi connectivity index (χ0) is 26.5. The second-order valence-corrected chi connectivity index (χ2v) is 13.1. The number of Topliss-reactive ketones (excluding diaryl/α,β-unsaturated/α-hetero) is 1. The third kappa shape index (κ3) is 9.50. The largest absolute Gasteiger partial charge is 0.480 e. The molecule has 0 aliphatic rings. The fourth-order valence-electron chi connectivity index (χ4n) is 2.57. The van der Waals surface area contributed by atoms with Crippen LogP contribution in [0.3, 0.4) is 0 Å². The van der Waals surface area contributed by atoms with E-state index in [0.29, 0.717) is 24.4 Å². The van der Waals surface area contributed by atoms with E-state index in [-0.39, 0.29) is 25.4 Å². The van der Waals surface area contributed by atoms with Crippen LogP contribution in [0.2, 0.25) is 0 Å². The molecule has 0 amide bonds. The number of carbonyl (C=O) groups is 3. The Labute approximate surface area is 258 Å². The summed E-state index contributed by atoms with van der Waals surface area (Å²) in [5.41, 5.74) is 5.92. The molecule has 35 heavy (non-hydrogen) atoms. The highest BCUT2D eigenvalue weighted by molar-refractivity contribution is 14.1. The zero-order valence-corrected chi connectivity index (χ0v) is 27.6. The standard InChI is InChI=1S/C23H23I4NO7/c1-23(2,3)18(29)9-33-10-19(30)35-21-15(26)7-12(8-16(21)27)34-20-13(24)4-11(5-14(20)25)6-17(28)22(31)32/h4-5,7-8,17H,6,9-10,28H2,1-3H3,(H,31,32)/t17-/m0/s1. The van der Waals surface area contributed by atoms with E-state index >= 15 is 0 Å². The summed E-state index contributed by atoms with van der Waals surface area (Å²) in [6, 6.07) is 6.20. The highest BCUT2D eigenvalue weighted by Gasteiger charge is 2.22. The summed E-state index contributed by atoms with van der Waals surface area (Å²) in [6.45, 7) is 4.88. The fraction of sp³-hybridized carbons (Fsp3) is 0.348. The molecule has 12 heteroatoms. The monoisotopic (exact) mass is 933 g/mol. The number of benzene rings is 2. The number of carboxylic acids is 1. The average molecular weight is 933 g/mol. The van der Waals surface area contributed by atoms with Crippen molar-refractivity contribution in [2.24, 2.45) is 11.1 Å². The third-order valence-corrected chi connectivity index (χ3v) is 7.73. The number of halogens is 4. The molecule has 0 saturated carbocycles. The molecule has 0 bridgehead atoms. The molecule has 0 aromatic heterocycles. The van der Waals surface area contributed by atoms with E-state index in [1.54, 1.807) is 32.9 Å². The van der Waals surface area contributed by atoms with Gasteiger partial charge in [0.05, 0.1) is 14.3 Å². The maximum Gasteiger partial charge on any atom is 0.337 e. The SMILES string of the molecule is CC(C)(C)C(=O)COCC(=O)Oc1c(I)cc(Oc2c(I)cc(C[C@H](N)C(=O)O)cc2I)cc1I. The van der Waals surface area contributed by atoms with Crippen LogP contribution in [-0.2, 0) is 25.5 Å². The first-order valence-electron chi connectivity index (χ1n) is 10.1. The molecule has 0 heterocycles. The van der Waals surface area contributed by atoms with Gasteiger partial charge in [0.15, 0.2) is 17.3 Å². The van der Waals surface area contributed by atoms with Crippen molar-refractivity contribution in [2.45, 2.75) is 33.2 Å². The summed E-state index contributed by atoms with van der Waals surface area (Å²) in [5.74, 6) is -0.182. The van der Waals surface area contributed by atoms with Gasteiger partial charge in [-0.3, -0.25) is 9.59 Å². The van der Waals surface area contributed by atoms with Crippen LogP contribution in [0.5, 0.6) is 17.2 Å². The summed E-state index contributed by atoms with van der Waals surface area (Å²) in [4.78, 5) is 35.2. The Morgan fingerprint density at radius 3 is 1.91 bits per heavy atom. The van der Waals surface area contributed by atoms with E-state index in [4.69, 9.17) is 25.1 Å². The van der Waals surface area contributed by atoms with Gasteiger partial charge in [0.25, 0.3) is 0 Å². The Morgan fingerprint density at radius 2 is 1.43 bits per heavy atom. The van der Waals surface area contributed by atoms with Gasteiger partial charge in [0.1, 0.15) is 25.0 Å². The lowest BCUT2D eigenvalue weighted by molar-refractivity contribution is -0.142. The van der Waals surface area contributed by atoms with Crippen LogP contribution in [0, 0.1) is 19.7 Å². The highest BCUT2D eigenvalue weighted by Crippen LogP contribution is 2.37. The number of esters is 1. The molecular formula is C23H23I4NO7. The van der Waals surface area contributed by atoms with Crippen molar-refractivity contribution < 1.29 is 33.7 Å². The predicted octanol–water partition coefficient (Wildman–Crippen LogP) is 5.39. The van der Waals surface area contributed by atoms with Gasteiger partial charge in [-0.15, -0.1) is 0 Å². The van der Waals surface area contributed by atoms with Crippen molar-refractivity contribution in [3.63, 3.8) is 0 Å². The van der Waals surface area contributed by atoms with Crippen LogP contribution >= 0.6 is 90.4 Å². The van der Waals surface area contributed by atoms with Crippen molar-refractivity contribution >= 4 is 108 Å². The van der Waals surface area contributed by atoms with Gasteiger partial charge < -0.3 is 25.1 Å². The minimum absolute atomic E-state index is 0.0991. The van der Waals surface area contributed by atoms with E-state index < -0.39 is 23.4 Å².